The Morgan fingerprint density at radius 1 is 1.32 bits per heavy atom. The lowest BCUT2D eigenvalue weighted by atomic mass is 10.2. The van der Waals surface area contributed by atoms with Gasteiger partial charge in [-0.3, -0.25) is 9.52 Å². The van der Waals surface area contributed by atoms with Crippen molar-refractivity contribution < 1.29 is 17.6 Å². The SMILES string of the molecule is CS(=O)(=O)Nc1nc2ccc(C(=O)NCCCc3ccco3)cc2s1. The van der Waals surface area contributed by atoms with Gasteiger partial charge >= 0.3 is 0 Å². The molecule has 132 valence electrons. The van der Waals surface area contributed by atoms with Crippen LogP contribution in [0.4, 0.5) is 5.13 Å². The van der Waals surface area contributed by atoms with Crippen molar-refractivity contribution in [1.82, 2.24) is 10.3 Å². The van der Waals surface area contributed by atoms with E-state index in [1.165, 1.54) is 11.3 Å². The van der Waals surface area contributed by atoms with E-state index in [9.17, 15) is 13.2 Å². The predicted molar refractivity (Wildman–Crippen MR) is 97.4 cm³/mol. The summed E-state index contributed by atoms with van der Waals surface area (Å²) in [6.07, 6.45) is 4.25. The van der Waals surface area contributed by atoms with Crippen LogP contribution in [0.2, 0.25) is 0 Å². The van der Waals surface area contributed by atoms with E-state index in [-0.39, 0.29) is 11.0 Å². The molecule has 3 rings (SSSR count). The maximum absolute atomic E-state index is 12.2. The quantitative estimate of drug-likeness (QED) is 0.615. The third-order valence-corrected chi connectivity index (χ3v) is 5.02. The Kier molecular flexibility index (Phi) is 5.05. The smallest absolute Gasteiger partial charge is 0.251 e. The Morgan fingerprint density at radius 3 is 2.88 bits per heavy atom. The van der Waals surface area contributed by atoms with Gasteiger partial charge in [0.2, 0.25) is 10.0 Å². The summed E-state index contributed by atoms with van der Waals surface area (Å²) in [4.78, 5) is 16.4. The Bertz CT molecular complexity index is 978. The van der Waals surface area contributed by atoms with Gasteiger partial charge in [-0.2, -0.15) is 0 Å². The zero-order chi connectivity index (χ0) is 17.9. The van der Waals surface area contributed by atoms with E-state index in [1.807, 2.05) is 12.1 Å². The first-order chi connectivity index (χ1) is 11.9. The van der Waals surface area contributed by atoms with Gasteiger partial charge in [-0.1, -0.05) is 11.3 Å². The van der Waals surface area contributed by atoms with Crippen LogP contribution in [0.3, 0.4) is 0 Å². The van der Waals surface area contributed by atoms with Crippen LogP contribution in [-0.2, 0) is 16.4 Å². The molecule has 3 aromatic rings. The van der Waals surface area contributed by atoms with Crippen molar-refractivity contribution >= 4 is 42.6 Å². The molecule has 0 saturated heterocycles. The zero-order valence-corrected chi connectivity index (χ0v) is 15.1. The van der Waals surface area contributed by atoms with Crippen LogP contribution in [0.1, 0.15) is 22.5 Å². The number of aryl methyl sites for hydroxylation is 1. The second kappa shape index (κ2) is 7.24. The molecule has 0 bridgehead atoms. The fraction of sp³-hybridized carbons (Fsp3) is 0.250. The molecule has 0 spiro atoms. The number of thiazole rings is 1. The third-order valence-electron chi connectivity index (χ3n) is 3.39. The first-order valence-corrected chi connectivity index (χ1v) is 10.3. The number of nitrogens with zero attached hydrogens (tertiary/aromatic N) is 1. The summed E-state index contributed by atoms with van der Waals surface area (Å²) in [7, 11) is -3.37. The van der Waals surface area contributed by atoms with E-state index in [0.29, 0.717) is 17.6 Å². The van der Waals surface area contributed by atoms with E-state index >= 15 is 0 Å². The molecule has 0 atom stereocenters. The number of sulfonamides is 1. The number of anilines is 1. The third kappa shape index (κ3) is 4.80. The Morgan fingerprint density at radius 2 is 2.16 bits per heavy atom. The summed E-state index contributed by atoms with van der Waals surface area (Å²) in [5.41, 5.74) is 1.16. The Balaban J connectivity index is 1.61. The minimum Gasteiger partial charge on any atom is -0.469 e. The van der Waals surface area contributed by atoms with Gasteiger partial charge in [0.05, 0.1) is 22.7 Å². The van der Waals surface area contributed by atoms with Crippen molar-refractivity contribution in [3.63, 3.8) is 0 Å². The van der Waals surface area contributed by atoms with Crippen molar-refractivity contribution in [3.8, 4) is 0 Å². The highest BCUT2D eigenvalue weighted by atomic mass is 32.2. The number of hydrogen-bond acceptors (Lipinski definition) is 6. The highest BCUT2D eigenvalue weighted by Gasteiger charge is 2.11. The number of fused-ring (bicyclic) bond motifs is 1. The highest BCUT2D eigenvalue weighted by Crippen LogP contribution is 2.27. The summed E-state index contributed by atoms with van der Waals surface area (Å²) < 4.78 is 30.9. The molecule has 0 aliphatic rings. The van der Waals surface area contributed by atoms with Crippen molar-refractivity contribution in [2.45, 2.75) is 12.8 Å². The minimum absolute atomic E-state index is 0.174. The van der Waals surface area contributed by atoms with Gasteiger partial charge in [-0.05, 0) is 36.8 Å². The molecular weight excluding hydrogens is 362 g/mol. The molecular formula is C16H17N3O4S2. The predicted octanol–water partition coefficient (Wildman–Crippen LogP) is 2.62. The Labute approximate surface area is 149 Å². The van der Waals surface area contributed by atoms with Crippen LogP contribution in [0, 0.1) is 0 Å². The van der Waals surface area contributed by atoms with Crippen molar-refractivity contribution in [3.05, 3.63) is 47.9 Å². The van der Waals surface area contributed by atoms with Crippen LogP contribution in [0.15, 0.2) is 41.0 Å². The lowest BCUT2D eigenvalue weighted by Crippen LogP contribution is -2.24. The Hall–Kier alpha value is -2.39. The average Bonchev–Trinajstić information content (AvgIpc) is 3.17. The van der Waals surface area contributed by atoms with Crippen molar-refractivity contribution in [2.75, 3.05) is 17.5 Å². The van der Waals surface area contributed by atoms with Crippen molar-refractivity contribution in [2.24, 2.45) is 0 Å². The second-order valence-corrected chi connectivity index (χ2v) is 8.29. The first-order valence-electron chi connectivity index (χ1n) is 7.60. The highest BCUT2D eigenvalue weighted by molar-refractivity contribution is 7.92. The van der Waals surface area contributed by atoms with Crippen LogP contribution in [-0.4, -0.2) is 32.1 Å². The first kappa shape index (κ1) is 17.4. The van der Waals surface area contributed by atoms with Crippen molar-refractivity contribution in [1.29, 1.82) is 0 Å². The normalized spacial score (nSPS) is 11.6. The zero-order valence-electron chi connectivity index (χ0n) is 13.5. The molecule has 0 aliphatic carbocycles. The molecule has 25 heavy (non-hydrogen) atoms. The van der Waals surface area contributed by atoms with Crippen LogP contribution in [0.25, 0.3) is 10.2 Å². The summed E-state index contributed by atoms with van der Waals surface area (Å²) in [5, 5.41) is 3.15. The molecule has 0 fully saturated rings. The van der Waals surface area contributed by atoms with Gasteiger partial charge in [0, 0.05) is 18.5 Å². The number of carbonyl (C=O) groups is 1. The summed E-state index contributed by atoms with van der Waals surface area (Å²) in [6.45, 7) is 0.543. The van der Waals surface area contributed by atoms with Gasteiger partial charge in [-0.15, -0.1) is 0 Å². The molecule has 1 aromatic carbocycles. The van der Waals surface area contributed by atoms with Gasteiger partial charge in [0.25, 0.3) is 5.91 Å². The second-order valence-electron chi connectivity index (χ2n) is 5.51. The fourth-order valence-corrected chi connectivity index (χ4v) is 4.03. The van der Waals surface area contributed by atoms with Crippen LogP contribution in [0.5, 0.6) is 0 Å². The molecule has 2 aromatic heterocycles. The maximum atomic E-state index is 12.2. The topological polar surface area (TPSA) is 101 Å². The fourth-order valence-electron chi connectivity index (χ4n) is 2.29. The lowest BCUT2D eigenvalue weighted by molar-refractivity contribution is 0.0953. The lowest BCUT2D eigenvalue weighted by Gasteiger charge is -2.04. The standard InChI is InChI=1S/C16H17N3O4S2/c1-25(21,22)19-16-18-13-7-6-11(10-14(13)24-16)15(20)17-8-2-4-12-5-3-9-23-12/h3,5-7,9-10H,2,4,8H2,1H3,(H,17,20)(H,18,19). The number of amides is 1. The van der Waals surface area contributed by atoms with E-state index in [4.69, 9.17) is 4.42 Å². The van der Waals surface area contributed by atoms with Gasteiger partial charge in [-0.25, -0.2) is 13.4 Å². The monoisotopic (exact) mass is 379 g/mol. The number of benzene rings is 1. The van der Waals surface area contributed by atoms with Crippen LogP contribution >= 0.6 is 11.3 Å². The molecule has 0 unspecified atom stereocenters. The van der Waals surface area contributed by atoms with Gasteiger partial charge in [0.15, 0.2) is 5.13 Å². The molecule has 0 radical (unpaired) electrons. The van der Waals surface area contributed by atoms with Crippen LogP contribution < -0.4 is 10.0 Å². The number of hydrogen-bond donors (Lipinski definition) is 2. The summed E-state index contributed by atoms with van der Waals surface area (Å²) in [6, 6.07) is 8.83. The maximum Gasteiger partial charge on any atom is 0.251 e. The number of nitrogens with one attached hydrogen (secondary N) is 2. The summed E-state index contributed by atoms with van der Waals surface area (Å²) >= 11 is 1.19. The average molecular weight is 379 g/mol. The molecule has 7 nitrogen and oxygen atoms in total. The van der Waals surface area contributed by atoms with Gasteiger partial charge in [0.1, 0.15) is 5.76 Å². The number of rotatable bonds is 7. The molecule has 0 saturated carbocycles. The van der Waals surface area contributed by atoms with E-state index < -0.39 is 10.0 Å². The molecule has 0 aliphatic heterocycles. The van der Waals surface area contributed by atoms with E-state index in [2.05, 4.69) is 15.0 Å². The molecule has 9 heteroatoms. The summed E-state index contributed by atoms with van der Waals surface area (Å²) in [5.74, 6) is 0.721. The molecule has 1 amide bonds. The van der Waals surface area contributed by atoms with Gasteiger partial charge < -0.3 is 9.73 Å². The number of aromatic nitrogens is 1. The largest absolute Gasteiger partial charge is 0.469 e. The minimum atomic E-state index is -3.37. The number of carbonyl (C=O) groups excluding carboxylic acids is 1. The number of furan rings is 1. The molecule has 2 N–H and O–H groups in total. The molecule has 2 heterocycles. The van der Waals surface area contributed by atoms with E-state index in [1.54, 1.807) is 24.5 Å². The van der Waals surface area contributed by atoms with E-state index in [0.717, 1.165) is 29.6 Å².